The summed E-state index contributed by atoms with van der Waals surface area (Å²) < 4.78 is 5.21. The fourth-order valence-electron chi connectivity index (χ4n) is 2.80. The molecule has 1 fully saturated rings. The lowest BCUT2D eigenvalue weighted by Gasteiger charge is -2.25. The second kappa shape index (κ2) is 6.50. The number of aliphatic imine (C=N–C) groups is 1. The van der Waals surface area contributed by atoms with Gasteiger partial charge in [-0.2, -0.15) is 0 Å². The Hall–Kier alpha value is -1.52. The molecule has 1 aliphatic rings. The molecule has 5 heteroatoms. The van der Waals surface area contributed by atoms with Gasteiger partial charge in [-0.05, 0) is 39.0 Å². The lowest BCUT2D eigenvalue weighted by molar-refractivity contribution is 0.322. The van der Waals surface area contributed by atoms with Crippen LogP contribution in [0.4, 0.5) is 0 Å². The highest BCUT2D eigenvalue weighted by Crippen LogP contribution is 2.32. The van der Waals surface area contributed by atoms with Crippen LogP contribution in [0.1, 0.15) is 50.6 Å². The van der Waals surface area contributed by atoms with Crippen molar-refractivity contribution in [3.05, 3.63) is 17.0 Å². The highest BCUT2D eigenvalue weighted by Gasteiger charge is 2.33. The van der Waals surface area contributed by atoms with Gasteiger partial charge in [-0.3, -0.25) is 0 Å². The largest absolute Gasteiger partial charge is 0.361 e. The van der Waals surface area contributed by atoms with Crippen LogP contribution in [0.15, 0.2) is 9.52 Å². The molecule has 1 aliphatic heterocycles. The van der Waals surface area contributed by atoms with E-state index in [1.54, 1.807) is 0 Å². The smallest absolute Gasteiger partial charge is 0.194 e. The van der Waals surface area contributed by atoms with Gasteiger partial charge in [0, 0.05) is 25.2 Å². The molecule has 0 aromatic carbocycles. The van der Waals surface area contributed by atoms with Gasteiger partial charge >= 0.3 is 0 Å². The summed E-state index contributed by atoms with van der Waals surface area (Å²) >= 11 is 0. The van der Waals surface area contributed by atoms with E-state index in [0.29, 0.717) is 12.0 Å². The van der Waals surface area contributed by atoms with Crippen LogP contribution in [0.2, 0.25) is 0 Å². The summed E-state index contributed by atoms with van der Waals surface area (Å²) in [7, 11) is 0. The molecule has 0 saturated carbocycles. The van der Waals surface area contributed by atoms with Crippen LogP contribution < -0.4 is 5.32 Å². The third-order valence-electron chi connectivity index (χ3n) is 4.61. The van der Waals surface area contributed by atoms with E-state index in [-0.39, 0.29) is 0 Å². The average Bonchev–Trinajstić information content (AvgIpc) is 3.00. The number of nitrogens with one attached hydrogen (secondary N) is 1. The van der Waals surface area contributed by atoms with Crippen molar-refractivity contribution in [3.63, 3.8) is 0 Å². The van der Waals surface area contributed by atoms with E-state index in [1.807, 2.05) is 13.8 Å². The number of guanidine groups is 1. The molecule has 21 heavy (non-hydrogen) atoms. The Morgan fingerprint density at radius 2 is 2.19 bits per heavy atom. The van der Waals surface area contributed by atoms with Crippen LogP contribution in [0.25, 0.3) is 0 Å². The fraction of sp³-hybridized carbons (Fsp3) is 0.750. The van der Waals surface area contributed by atoms with Gasteiger partial charge in [0.05, 0.1) is 12.2 Å². The molecule has 2 heterocycles. The molecular weight excluding hydrogens is 264 g/mol. The summed E-state index contributed by atoms with van der Waals surface area (Å²) in [5.41, 5.74) is 2.45. The zero-order valence-electron chi connectivity index (χ0n) is 14.0. The molecule has 1 atom stereocenters. The van der Waals surface area contributed by atoms with Gasteiger partial charge in [0.15, 0.2) is 5.96 Å². The Labute approximate surface area is 127 Å². The van der Waals surface area contributed by atoms with Crippen molar-refractivity contribution in [1.29, 1.82) is 0 Å². The van der Waals surface area contributed by atoms with Gasteiger partial charge in [-0.1, -0.05) is 19.0 Å². The molecule has 1 unspecified atom stereocenters. The number of nitrogens with zero attached hydrogens (tertiary/aromatic N) is 3. The van der Waals surface area contributed by atoms with Crippen LogP contribution in [-0.2, 0) is 6.54 Å². The van der Waals surface area contributed by atoms with E-state index < -0.39 is 0 Å². The Balaban J connectivity index is 2.10. The number of rotatable bonds is 4. The molecule has 0 spiro atoms. The number of hydrogen-bond acceptors (Lipinski definition) is 3. The van der Waals surface area contributed by atoms with Crippen molar-refractivity contribution in [2.24, 2.45) is 10.4 Å². The Morgan fingerprint density at radius 1 is 1.43 bits per heavy atom. The molecule has 0 amide bonds. The zero-order valence-corrected chi connectivity index (χ0v) is 14.0. The maximum Gasteiger partial charge on any atom is 0.194 e. The maximum absolute atomic E-state index is 5.21. The summed E-state index contributed by atoms with van der Waals surface area (Å²) in [4.78, 5) is 7.17. The quantitative estimate of drug-likeness (QED) is 0.685. The number of hydrogen-bond donors (Lipinski definition) is 1. The van der Waals surface area contributed by atoms with E-state index >= 15 is 0 Å². The summed E-state index contributed by atoms with van der Waals surface area (Å²) in [6, 6.07) is 0. The van der Waals surface area contributed by atoms with E-state index in [0.717, 1.165) is 42.6 Å². The Morgan fingerprint density at radius 3 is 2.71 bits per heavy atom. The van der Waals surface area contributed by atoms with Crippen LogP contribution in [0.5, 0.6) is 0 Å². The molecule has 1 aromatic heterocycles. The SMILES string of the molecule is CCNC(=NCc1c(C)noc1C)N1CCC(C)(CC)C1. The molecule has 1 saturated heterocycles. The molecule has 118 valence electrons. The van der Waals surface area contributed by atoms with Crippen molar-refractivity contribution in [2.45, 2.75) is 54.0 Å². The zero-order chi connectivity index (χ0) is 15.5. The first-order valence-corrected chi connectivity index (χ1v) is 7.94. The van der Waals surface area contributed by atoms with E-state index in [9.17, 15) is 0 Å². The molecule has 2 rings (SSSR count). The van der Waals surface area contributed by atoms with Crippen molar-refractivity contribution in [1.82, 2.24) is 15.4 Å². The monoisotopic (exact) mass is 292 g/mol. The molecule has 0 aliphatic carbocycles. The molecule has 1 aromatic rings. The summed E-state index contributed by atoms with van der Waals surface area (Å²) in [6.07, 6.45) is 2.45. The number of likely N-dealkylation sites (tertiary alicyclic amines) is 1. The highest BCUT2D eigenvalue weighted by atomic mass is 16.5. The minimum atomic E-state index is 0.416. The third kappa shape index (κ3) is 3.57. The van der Waals surface area contributed by atoms with E-state index in [1.165, 1.54) is 12.8 Å². The van der Waals surface area contributed by atoms with Gasteiger partial charge in [0.25, 0.3) is 0 Å². The lowest BCUT2D eigenvalue weighted by Crippen LogP contribution is -2.41. The van der Waals surface area contributed by atoms with Crippen LogP contribution in [0, 0.1) is 19.3 Å². The van der Waals surface area contributed by atoms with E-state index in [4.69, 9.17) is 9.52 Å². The van der Waals surface area contributed by atoms with Crippen LogP contribution in [-0.4, -0.2) is 35.7 Å². The van der Waals surface area contributed by atoms with Crippen molar-refractivity contribution >= 4 is 5.96 Å². The molecular formula is C16H28N4O. The Kier molecular flexibility index (Phi) is 4.91. The normalized spacial score (nSPS) is 22.9. The summed E-state index contributed by atoms with van der Waals surface area (Å²) in [5, 5.41) is 7.41. The topological polar surface area (TPSA) is 53.7 Å². The van der Waals surface area contributed by atoms with E-state index in [2.05, 4.69) is 36.1 Å². The molecule has 0 radical (unpaired) electrons. The highest BCUT2D eigenvalue weighted by molar-refractivity contribution is 5.80. The van der Waals surface area contributed by atoms with Gasteiger partial charge in [0.1, 0.15) is 5.76 Å². The van der Waals surface area contributed by atoms with Gasteiger partial charge in [0.2, 0.25) is 0 Å². The van der Waals surface area contributed by atoms with Gasteiger partial charge in [-0.15, -0.1) is 0 Å². The predicted octanol–water partition coefficient (Wildman–Crippen LogP) is 2.88. The average molecular weight is 292 g/mol. The fourth-order valence-corrected chi connectivity index (χ4v) is 2.80. The van der Waals surface area contributed by atoms with Gasteiger partial charge < -0.3 is 14.7 Å². The third-order valence-corrected chi connectivity index (χ3v) is 4.61. The molecule has 1 N–H and O–H groups in total. The molecule has 5 nitrogen and oxygen atoms in total. The summed E-state index contributed by atoms with van der Waals surface area (Å²) in [5.74, 6) is 1.88. The second-order valence-corrected chi connectivity index (χ2v) is 6.31. The first-order chi connectivity index (χ1) is 9.99. The summed E-state index contributed by atoms with van der Waals surface area (Å²) in [6.45, 7) is 14.3. The standard InChI is InChI=1S/C16H28N4O/c1-6-16(5)8-9-20(11-16)15(17-7-2)18-10-14-12(3)19-21-13(14)4/h6-11H2,1-5H3,(H,17,18). The number of aromatic nitrogens is 1. The minimum absolute atomic E-state index is 0.416. The predicted molar refractivity (Wildman–Crippen MR) is 85.4 cm³/mol. The lowest BCUT2D eigenvalue weighted by atomic mass is 9.87. The van der Waals surface area contributed by atoms with Crippen molar-refractivity contribution in [2.75, 3.05) is 19.6 Å². The Bertz CT molecular complexity index is 489. The van der Waals surface area contributed by atoms with Crippen LogP contribution >= 0.6 is 0 Å². The first-order valence-electron chi connectivity index (χ1n) is 7.94. The van der Waals surface area contributed by atoms with Crippen LogP contribution in [0.3, 0.4) is 0 Å². The minimum Gasteiger partial charge on any atom is -0.361 e. The van der Waals surface area contributed by atoms with Crippen molar-refractivity contribution in [3.8, 4) is 0 Å². The van der Waals surface area contributed by atoms with Gasteiger partial charge in [-0.25, -0.2) is 4.99 Å². The van der Waals surface area contributed by atoms with Crippen molar-refractivity contribution < 1.29 is 4.52 Å². The maximum atomic E-state index is 5.21. The first kappa shape index (κ1) is 15.9. The second-order valence-electron chi connectivity index (χ2n) is 6.31. The number of aryl methyl sites for hydroxylation is 2. The molecule has 0 bridgehead atoms.